The molecule has 94 valence electrons. The number of anilines is 2. The van der Waals surface area contributed by atoms with Crippen LogP contribution in [0.25, 0.3) is 0 Å². The number of nitrogens with zero attached hydrogens (tertiary/aromatic N) is 2. The average molecular weight is 242 g/mol. The summed E-state index contributed by atoms with van der Waals surface area (Å²) in [6, 6.07) is 8.04. The Morgan fingerprint density at radius 2 is 1.94 bits per heavy atom. The van der Waals surface area contributed by atoms with Gasteiger partial charge >= 0.3 is 0 Å². The molecule has 2 rings (SSSR count). The maximum atomic E-state index is 4.29. The third-order valence-electron chi connectivity index (χ3n) is 2.56. The molecule has 0 saturated heterocycles. The Morgan fingerprint density at radius 1 is 1.11 bits per heavy atom. The Morgan fingerprint density at radius 3 is 2.67 bits per heavy atom. The van der Waals surface area contributed by atoms with Crippen molar-refractivity contribution >= 4 is 11.4 Å². The van der Waals surface area contributed by atoms with Gasteiger partial charge in [-0.3, -0.25) is 9.97 Å². The van der Waals surface area contributed by atoms with Gasteiger partial charge in [-0.05, 0) is 25.1 Å². The number of pyridine rings is 2. The maximum absolute atomic E-state index is 4.29. The Bertz CT molecular complexity index is 470. The summed E-state index contributed by atoms with van der Waals surface area (Å²) in [5, 5.41) is 6.59. The molecule has 0 aliphatic carbocycles. The van der Waals surface area contributed by atoms with E-state index in [0.29, 0.717) is 0 Å². The highest BCUT2D eigenvalue weighted by molar-refractivity contribution is 5.53. The van der Waals surface area contributed by atoms with Crippen LogP contribution in [0, 0.1) is 0 Å². The van der Waals surface area contributed by atoms with Crippen LogP contribution in [-0.2, 0) is 6.42 Å². The second kappa shape index (κ2) is 6.59. The van der Waals surface area contributed by atoms with Crippen LogP contribution in [0.1, 0.15) is 12.6 Å². The lowest BCUT2D eigenvalue weighted by atomic mass is 10.2. The lowest BCUT2D eigenvalue weighted by molar-refractivity contribution is 0.960. The largest absolute Gasteiger partial charge is 0.384 e. The molecule has 0 unspecified atom stereocenters. The minimum Gasteiger partial charge on any atom is -0.384 e. The van der Waals surface area contributed by atoms with Gasteiger partial charge in [-0.1, -0.05) is 6.07 Å². The summed E-state index contributed by atoms with van der Waals surface area (Å²) in [5.74, 6) is 0. The maximum Gasteiger partial charge on any atom is 0.0547 e. The third kappa shape index (κ3) is 3.73. The van der Waals surface area contributed by atoms with Gasteiger partial charge in [0.1, 0.15) is 0 Å². The van der Waals surface area contributed by atoms with Gasteiger partial charge in [0.25, 0.3) is 0 Å². The van der Waals surface area contributed by atoms with Crippen molar-refractivity contribution < 1.29 is 0 Å². The van der Waals surface area contributed by atoms with Gasteiger partial charge < -0.3 is 10.6 Å². The quantitative estimate of drug-likeness (QED) is 0.817. The molecule has 4 nitrogen and oxygen atoms in total. The topological polar surface area (TPSA) is 49.8 Å². The third-order valence-corrected chi connectivity index (χ3v) is 2.56. The van der Waals surface area contributed by atoms with Crippen molar-refractivity contribution in [3.8, 4) is 0 Å². The van der Waals surface area contributed by atoms with Crippen LogP contribution in [-0.4, -0.2) is 23.1 Å². The van der Waals surface area contributed by atoms with E-state index in [-0.39, 0.29) is 0 Å². The molecule has 0 aliphatic rings. The van der Waals surface area contributed by atoms with Gasteiger partial charge in [0.05, 0.1) is 23.8 Å². The van der Waals surface area contributed by atoms with Gasteiger partial charge in [-0.15, -0.1) is 0 Å². The molecule has 4 heteroatoms. The highest BCUT2D eigenvalue weighted by Gasteiger charge is 1.96. The standard InChI is InChI=1S/C14H18N4/c1-2-16-13-9-14(11-15-10-13)18-8-6-12-5-3-4-7-17-12/h3-5,7,9-11,16,18H,2,6,8H2,1H3. The van der Waals surface area contributed by atoms with Crippen molar-refractivity contribution in [1.82, 2.24) is 9.97 Å². The van der Waals surface area contributed by atoms with Gasteiger partial charge in [0, 0.05) is 31.4 Å². The van der Waals surface area contributed by atoms with Crippen LogP contribution in [0.4, 0.5) is 11.4 Å². The predicted molar refractivity (Wildman–Crippen MR) is 74.8 cm³/mol. The van der Waals surface area contributed by atoms with Crippen LogP contribution < -0.4 is 10.6 Å². The van der Waals surface area contributed by atoms with E-state index in [2.05, 4.69) is 33.6 Å². The van der Waals surface area contributed by atoms with E-state index in [0.717, 1.165) is 36.6 Å². The Balaban J connectivity index is 1.84. The first-order valence-corrected chi connectivity index (χ1v) is 6.21. The molecule has 0 aliphatic heterocycles. The average Bonchev–Trinajstić information content (AvgIpc) is 2.41. The van der Waals surface area contributed by atoms with Gasteiger partial charge in [-0.2, -0.15) is 0 Å². The summed E-state index contributed by atoms with van der Waals surface area (Å²) in [7, 11) is 0. The van der Waals surface area contributed by atoms with Crippen molar-refractivity contribution in [2.45, 2.75) is 13.3 Å². The number of hydrogen-bond donors (Lipinski definition) is 2. The van der Waals surface area contributed by atoms with Crippen LogP contribution in [0.5, 0.6) is 0 Å². The molecule has 2 heterocycles. The minimum atomic E-state index is 0.855. The lowest BCUT2D eigenvalue weighted by Crippen LogP contribution is -2.06. The predicted octanol–water partition coefficient (Wildman–Crippen LogP) is 2.56. The lowest BCUT2D eigenvalue weighted by Gasteiger charge is -2.08. The van der Waals surface area contributed by atoms with E-state index in [9.17, 15) is 0 Å². The summed E-state index contributed by atoms with van der Waals surface area (Å²) >= 11 is 0. The zero-order valence-corrected chi connectivity index (χ0v) is 10.6. The molecule has 0 saturated carbocycles. The van der Waals surface area contributed by atoms with Crippen molar-refractivity contribution in [3.05, 3.63) is 48.5 Å². The molecule has 2 aromatic heterocycles. The second-order valence-corrected chi connectivity index (χ2v) is 3.99. The van der Waals surface area contributed by atoms with E-state index in [1.807, 2.05) is 36.8 Å². The molecular formula is C14H18N4. The molecular weight excluding hydrogens is 224 g/mol. The number of nitrogens with one attached hydrogen (secondary N) is 2. The first kappa shape index (κ1) is 12.4. The monoisotopic (exact) mass is 242 g/mol. The zero-order valence-electron chi connectivity index (χ0n) is 10.6. The summed E-state index contributed by atoms with van der Waals surface area (Å²) in [5.41, 5.74) is 3.17. The number of hydrogen-bond acceptors (Lipinski definition) is 4. The zero-order chi connectivity index (χ0) is 12.6. The fourth-order valence-electron chi connectivity index (χ4n) is 1.72. The van der Waals surface area contributed by atoms with Crippen LogP contribution >= 0.6 is 0 Å². The van der Waals surface area contributed by atoms with E-state index in [1.165, 1.54) is 0 Å². The molecule has 0 atom stereocenters. The fraction of sp³-hybridized carbons (Fsp3) is 0.286. The molecule has 0 fully saturated rings. The molecule has 0 aromatic carbocycles. The van der Waals surface area contributed by atoms with Crippen LogP contribution in [0.3, 0.4) is 0 Å². The molecule has 0 radical (unpaired) electrons. The molecule has 0 spiro atoms. The first-order valence-electron chi connectivity index (χ1n) is 6.21. The van der Waals surface area contributed by atoms with E-state index in [4.69, 9.17) is 0 Å². The second-order valence-electron chi connectivity index (χ2n) is 3.99. The number of rotatable bonds is 6. The van der Waals surface area contributed by atoms with Crippen molar-refractivity contribution in [2.75, 3.05) is 23.7 Å². The fourth-order valence-corrected chi connectivity index (χ4v) is 1.72. The molecule has 2 N–H and O–H groups in total. The van der Waals surface area contributed by atoms with Gasteiger partial charge in [-0.25, -0.2) is 0 Å². The molecule has 0 amide bonds. The van der Waals surface area contributed by atoms with Crippen molar-refractivity contribution in [3.63, 3.8) is 0 Å². The SMILES string of the molecule is CCNc1cncc(NCCc2ccccn2)c1. The van der Waals surface area contributed by atoms with Gasteiger partial charge in [0.2, 0.25) is 0 Å². The minimum absolute atomic E-state index is 0.855. The molecule has 18 heavy (non-hydrogen) atoms. The first-order chi connectivity index (χ1) is 8.88. The van der Waals surface area contributed by atoms with E-state index >= 15 is 0 Å². The van der Waals surface area contributed by atoms with E-state index < -0.39 is 0 Å². The van der Waals surface area contributed by atoms with E-state index in [1.54, 1.807) is 0 Å². The Hall–Kier alpha value is -2.10. The summed E-state index contributed by atoms with van der Waals surface area (Å²) < 4.78 is 0. The summed E-state index contributed by atoms with van der Waals surface area (Å²) in [6.07, 6.45) is 6.39. The Kier molecular flexibility index (Phi) is 4.53. The highest BCUT2D eigenvalue weighted by atomic mass is 14.9. The van der Waals surface area contributed by atoms with Crippen LogP contribution in [0.15, 0.2) is 42.9 Å². The van der Waals surface area contributed by atoms with Gasteiger partial charge in [0.15, 0.2) is 0 Å². The summed E-state index contributed by atoms with van der Waals surface area (Å²) in [4.78, 5) is 8.48. The summed E-state index contributed by atoms with van der Waals surface area (Å²) in [6.45, 7) is 3.83. The smallest absolute Gasteiger partial charge is 0.0547 e. The molecule has 0 bridgehead atoms. The number of aromatic nitrogens is 2. The van der Waals surface area contributed by atoms with Crippen molar-refractivity contribution in [2.24, 2.45) is 0 Å². The normalized spacial score (nSPS) is 10.1. The Labute approximate surface area is 107 Å². The van der Waals surface area contributed by atoms with Crippen molar-refractivity contribution in [1.29, 1.82) is 0 Å². The molecule has 2 aromatic rings. The van der Waals surface area contributed by atoms with Crippen LogP contribution in [0.2, 0.25) is 0 Å². The highest BCUT2D eigenvalue weighted by Crippen LogP contribution is 2.12.